The summed E-state index contributed by atoms with van der Waals surface area (Å²) in [5.74, 6) is -0.0984. The van der Waals surface area contributed by atoms with E-state index in [4.69, 9.17) is 4.42 Å². The fraction of sp³-hybridized carbons (Fsp3) is 0.545. The van der Waals surface area contributed by atoms with Crippen molar-refractivity contribution in [2.75, 3.05) is 31.6 Å². The highest BCUT2D eigenvalue weighted by Gasteiger charge is 2.23. The standard InChI is InChI=1S/C11H16N4O3/c1-12-9(16)3-2-8-7-18-11(14-8)15-5-4-13-6-10(15)17/h7,13H,2-6H2,1H3,(H,12,16). The van der Waals surface area contributed by atoms with Crippen molar-refractivity contribution in [2.24, 2.45) is 0 Å². The third-order valence-electron chi connectivity index (χ3n) is 2.75. The molecule has 0 spiro atoms. The molecular weight excluding hydrogens is 236 g/mol. The molecule has 2 rings (SSSR count). The van der Waals surface area contributed by atoms with Crippen LogP contribution in [0.1, 0.15) is 12.1 Å². The molecule has 1 saturated heterocycles. The summed E-state index contributed by atoms with van der Waals surface area (Å²) in [4.78, 5) is 28.5. The second kappa shape index (κ2) is 5.63. The number of hydrogen-bond donors (Lipinski definition) is 2. The number of piperazine rings is 1. The van der Waals surface area contributed by atoms with Crippen LogP contribution in [-0.2, 0) is 16.0 Å². The molecule has 0 radical (unpaired) electrons. The van der Waals surface area contributed by atoms with Gasteiger partial charge >= 0.3 is 6.01 Å². The van der Waals surface area contributed by atoms with Crippen LogP contribution in [-0.4, -0.2) is 43.5 Å². The Morgan fingerprint density at radius 1 is 1.67 bits per heavy atom. The van der Waals surface area contributed by atoms with Crippen LogP contribution in [0, 0.1) is 0 Å². The third kappa shape index (κ3) is 2.86. The molecule has 0 bridgehead atoms. The Balaban J connectivity index is 1.96. The lowest BCUT2D eigenvalue weighted by Crippen LogP contribution is -2.48. The molecule has 18 heavy (non-hydrogen) atoms. The molecule has 1 aromatic heterocycles. The fourth-order valence-corrected chi connectivity index (χ4v) is 1.71. The highest BCUT2D eigenvalue weighted by Crippen LogP contribution is 2.15. The van der Waals surface area contributed by atoms with E-state index in [1.807, 2.05) is 0 Å². The molecule has 1 fully saturated rings. The Morgan fingerprint density at radius 2 is 2.50 bits per heavy atom. The maximum atomic E-state index is 11.6. The predicted molar refractivity (Wildman–Crippen MR) is 64.1 cm³/mol. The van der Waals surface area contributed by atoms with Gasteiger partial charge in [-0.15, -0.1) is 0 Å². The first-order valence-electron chi connectivity index (χ1n) is 5.87. The average Bonchev–Trinajstić information content (AvgIpc) is 2.85. The molecule has 7 nitrogen and oxygen atoms in total. The zero-order valence-corrected chi connectivity index (χ0v) is 10.2. The number of rotatable bonds is 4. The van der Waals surface area contributed by atoms with Crippen LogP contribution >= 0.6 is 0 Å². The highest BCUT2D eigenvalue weighted by atomic mass is 16.4. The predicted octanol–water partition coefficient (Wildman–Crippen LogP) is -0.711. The lowest BCUT2D eigenvalue weighted by atomic mass is 10.2. The second-order valence-electron chi connectivity index (χ2n) is 4.02. The summed E-state index contributed by atoms with van der Waals surface area (Å²) in [6.07, 6.45) is 2.36. The number of aryl methyl sites for hydroxylation is 1. The number of hydrogen-bond acceptors (Lipinski definition) is 5. The molecule has 2 amide bonds. The van der Waals surface area contributed by atoms with Crippen LogP contribution in [0.25, 0.3) is 0 Å². The smallest absolute Gasteiger partial charge is 0.304 e. The summed E-state index contributed by atoms with van der Waals surface area (Å²) in [6, 6.07) is 0.313. The number of aromatic nitrogens is 1. The molecule has 7 heteroatoms. The lowest BCUT2D eigenvalue weighted by molar-refractivity contribution is -0.120. The van der Waals surface area contributed by atoms with Crippen molar-refractivity contribution in [1.82, 2.24) is 15.6 Å². The maximum Gasteiger partial charge on any atom is 0.304 e. The molecule has 2 heterocycles. The Morgan fingerprint density at radius 3 is 3.22 bits per heavy atom. The molecule has 2 N–H and O–H groups in total. The summed E-state index contributed by atoms with van der Waals surface area (Å²) < 4.78 is 5.27. The molecule has 0 saturated carbocycles. The molecule has 0 unspecified atom stereocenters. The van der Waals surface area contributed by atoms with Gasteiger partial charge in [-0.3, -0.25) is 14.5 Å². The van der Waals surface area contributed by atoms with E-state index < -0.39 is 0 Å². The number of anilines is 1. The van der Waals surface area contributed by atoms with Crippen LogP contribution < -0.4 is 15.5 Å². The van der Waals surface area contributed by atoms with Crippen LogP contribution in [0.2, 0.25) is 0 Å². The van der Waals surface area contributed by atoms with Crippen molar-refractivity contribution in [3.05, 3.63) is 12.0 Å². The Labute approximate surface area is 105 Å². The summed E-state index contributed by atoms with van der Waals surface area (Å²) in [5.41, 5.74) is 0.680. The topological polar surface area (TPSA) is 87.5 Å². The first kappa shape index (κ1) is 12.6. The van der Waals surface area contributed by atoms with Gasteiger partial charge in [0.15, 0.2) is 0 Å². The van der Waals surface area contributed by atoms with Gasteiger partial charge in [-0.1, -0.05) is 0 Å². The van der Waals surface area contributed by atoms with Crippen LogP contribution in [0.15, 0.2) is 10.7 Å². The van der Waals surface area contributed by atoms with E-state index in [0.717, 1.165) is 6.54 Å². The summed E-state index contributed by atoms with van der Waals surface area (Å²) in [7, 11) is 1.59. The molecular formula is C11H16N4O3. The summed E-state index contributed by atoms with van der Waals surface area (Å²) in [5, 5.41) is 5.52. The van der Waals surface area contributed by atoms with E-state index in [1.54, 1.807) is 7.05 Å². The van der Waals surface area contributed by atoms with E-state index >= 15 is 0 Å². The van der Waals surface area contributed by atoms with Crippen molar-refractivity contribution >= 4 is 17.8 Å². The molecule has 1 aliphatic rings. The van der Waals surface area contributed by atoms with E-state index in [1.165, 1.54) is 11.2 Å². The van der Waals surface area contributed by atoms with Gasteiger partial charge in [0, 0.05) is 33.0 Å². The Bertz CT molecular complexity index is 443. The third-order valence-corrected chi connectivity index (χ3v) is 2.75. The van der Waals surface area contributed by atoms with E-state index in [0.29, 0.717) is 37.6 Å². The van der Waals surface area contributed by atoms with Crippen LogP contribution in [0.4, 0.5) is 6.01 Å². The van der Waals surface area contributed by atoms with Crippen molar-refractivity contribution in [2.45, 2.75) is 12.8 Å². The molecule has 1 aliphatic heterocycles. The monoisotopic (exact) mass is 252 g/mol. The highest BCUT2D eigenvalue weighted by molar-refractivity contribution is 5.93. The van der Waals surface area contributed by atoms with E-state index in [2.05, 4.69) is 15.6 Å². The second-order valence-corrected chi connectivity index (χ2v) is 4.02. The normalized spacial score (nSPS) is 15.8. The minimum Gasteiger partial charge on any atom is -0.431 e. The average molecular weight is 252 g/mol. The zero-order valence-electron chi connectivity index (χ0n) is 10.2. The molecule has 0 aliphatic carbocycles. The number of oxazole rings is 1. The van der Waals surface area contributed by atoms with Crippen molar-refractivity contribution in [3.63, 3.8) is 0 Å². The van der Waals surface area contributed by atoms with Gasteiger partial charge < -0.3 is 15.1 Å². The number of carbonyl (C=O) groups excluding carboxylic acids is 2. The van der Waals surface area contributed by atoms with E-state index in [-0.39, 0.29) is 11.8 Å². The first-order valence-corrected chi connectivity index (χ1v) is 5.87. The number of nitrogens with one attached hydrogen (secondary N) is 2. The van der Waals surface area contributed by atoms with Crippen LogP contribution in [0.5, 0.6) is 0 Å². The largest absolute Gasteiger partial charge is 0.431 e. The van der Waals surface area contributed by atoms with Gasteiger partial charge in [0.25, 0.3) is 0 Å². The quantitative estimate of drug-likeness (QED) is 0.739. The maximum absolute atomic E-state index is 11.6. The molecule has 0 atom stereocenters. The minimum atomic E-state index is -0.0547. The molecule has 1 aromatic rings. The number of nitrogens with zero attached hydrogens (tertiary/aromatic N) is 2. The summed E-state index contributed by atoms with van der Waals surface area (Å²) in [6.45, 7) is 1.58. The lowest BCUT2D eigenvalue weighted by Gasteiger charge is -2.23. The van der Waals surface area contributed by atoms with Gasteiger partial charge in [-0.05, 0) is 0 Å². The number of carbonyl (C=O) groups is 2. The first-order chi connectivity index (χ1) is 8.70. The number of amides is 2. The zero-order chi connectivity index (χ0) is 13.0. The molecule has 98 valence electrons. The van der Waals surface area contributed by atoms with Crippen molar-refractivity contribution in [1.29, 1.82) is 0 Å². The minimum absolute atomic E-state index is 0.0437. The summed E-state index contributed by atoms with van der Waals surface area (Å²) >= 11 is 0. The molecule has 0 aromatic carbocycles. The van der Waals surface area contributed by atoms with Crippen LogP contribution in [0.3, 0.4) is 0 Å². The SMILES string of the molecule is CNC(=O)CCc1coc(N2CCNCC2=O)n1. The van der Waals surface area contributed by atoms with Gasteiger partial charge in [0.05, 0.1) is 12.2 Å². The Hall–Kier alpha value is -1.89. The van der Waals surface area contributed by atoms with Gasteiger partial charge in [-0.2, -0.15) is 4.98 Å². The van der Waals surface area contributed by atoms with Crippen molar-refractivity contribution < 1.29 is 14.0 Å². The Kier molecular flexibility index (Phi) is 3.93. The van der Waals surface area contributed by atoms with Crippen molar-refractivity contribution in [3.8, 4) is 0 Å². The van der Waals surface area contributed by atoms with Gasteiger partial charge in [0.2, 0.25) is 11.8 Å². The van der Waals surface area contributed by atoms with Gasteiger partial charge in [0.1, 0.15) is 6.26 Å². The van der Waals surface area contributed by atoms with Gasteiger partial charge in [-0.25, -0.2) is 0 Å². The van der Waals surface area contributed by atoms with E-state index in [9.17, 15) is 9.59 Å². The fourth-order valence-electron chi connectivity index (χ4n) is 1.71.